The maximum atomic E-state index is 12.2. The maximum Gasteiger partial charge on any atom is 0.334 e. The highest BCUT2D eigenvalue weighted by Gasteiger charge is 2.60. The van der Waals surface area contributed by atoms with E-state index in [0.717, 1.165) is 44.1 Å². The van der Waals surface area contributed by atoms with Gasteiger partial charge in [-0.3, -0.25) is 4.79 Å². The molecule has 5 unspecified atom stereocenters. The van der Waals surface area contributed by atoms with Crippen LogP contribution in [0.5, 0.6) is 0 Å². The molecule has 132 valence electrons. The Morgan fingerprint density at radius 1 is 1.25 bits per heavy atom. The molecule has 4 rings (SSSR count). The molecule has 0 aromatic rings. The van der Waals surface area contributed by atoms with Crippen LogP contribution in [-0.4, -0.2) is 25.2 Å². The van der Waals surface area contributed by atoms with Crippen molar-refractivity contribution in [2.45, 2.75) is 58.8 Å². The molecule has 0 aromatic carbocycles. The second-order valence-electron chi connectivity index (χ2n) is 8.72. The Morgan fingerprint density at radius 3 is 2.83 bits per heavy atom. The van der Waals surface area contributed by atoms with Crippen molar-refractivity contribution in [3.05, 3.63) is 11.6 Å². The van der Waals surface area contributed by atoms with Crippen LogP contribution in [-0.2, 0) is 19.1 Å². The zero-order valence-electron chi connectivity index (χ0n) is 14.8. The van der Waals surface area contributed by atoms with Gasteiger partial charge in [-0.1, -0.05) is 19.9 Å². The number of rotatable bonds is 3. The van der Waals surface area contributed by atoms with E-state index in [9.17, 15) is 9.59 Å². The number of ether oxygens (including phenoxy) is 2. The molecule has 0 amide bonds. The molecule has 2 heterocycles. The van der Waals surface area contributed by atoms with E-state index in [1.807, 2.05) is 0 Å². The van der Waals surface area contributed by atoms with Crippen molar-refractivity contribution in [1.82, 2.24) is 0 Å². The molecule has 0 N–H and O–H groups in total. The quantitative estimate of drug-likeness (QED) is 0.740. The molecule has 3 fully saturated rings. The third kappa shape index (κ3) is 2.25. The van der Waals surface area contributed by atoms with E-state index in [2.05, 4.69) is 19.9 Å². The lowest BCUT2D eigenvalue weighted by atomic mass is 9.46. The standard InChI is InChI=1S/C20H28O4/c1-13-6-9-20-12-24-18(22)15(20)4-3-5-16(20)19(13,2)8-7-14-10-17(21)23-11-14/h4,13-14,16H,3,5-12H2,1-2H3. The second-order valence-corrected chi connectivity index (χ2v) is 8.72. The second kappa shape index (κ2) is 5.60. The van der Waals surface area contributed by atoms with Gasteiger partial charge in [0.2, 0.25) is 0 Å². The van der Waals surface area contributed by atoms with Crippen molar-refractivity contribution in [3.63, 3.8) is 0 Å². The number of esters is 2. The van der Waals surface area contributed by atoms with Gasteiger partial charge in [0, 0.05) is 16.9 Å². The van der Waals surface area contributed by atoms with Gasteiger partial charge in [0.25, 0.3) is 0 Å². The maximum absolute atomic E-state index is 12.2. The fourth-order valence-electron chi connectivity index (χ4n) is 5.97. The van der Waals surface area contributed by atoms with E-state index in [1.165, 1.54) is 0 Å². The van der Waals surface area contributed by atoms with Crippen molar-refractivity contribution < 1.29 is 19.1 Å². The van der Waals surface area contributed by atoms with Gasteiger partial charge in [-0.25, -0.2) is 4.79 Å². The minimum atomic E-state index is -0.0774. The van der Waals surface area contributed by atoms with Crippen LogP contribution in [0.1, 0.15) is 58.8 Å². The first kappa shape index (κ1) is 16.2. The van der Waals surface area contributed by atoms with Gasteiger partial charge >= 0.3 is 11.9 Å². The third-order valence-electron chi connectivity index (χ3n) is 7.66. The molecule has 2 aliphatic heterocycles. The SMILES string of the molecule is CC1CCC23COC(=O)C2=CCCC3C1(C)CCC1COC(=O)C1. The highest BCUT2D eigenvalue weighted by atomic mass is 16.5. The highest BCUT2D eigenvalue weighted by molar-refractivity contribution is 5.92. The molecule has 1 saturated carbocycles. The van der Waals surface area contributed by atoms with Gasteiger partial charge in [-0.2, -0.15) is 0 Å². The third-order valence-corrected chi connectivity index (χ3v) is 7.66. The van der Waals surface area contributed by atoms with E-state index >= 15 is 0 Å². The van der Waals surface area contributed by atoms with E-state index in [-0.39, 0.29) is 22.8 Å². The minimum Gasteiger partial charge on any atom is -0.465 e. The zero-order valence-corrected chi connectivity index (χ0v) is 14.8. The Morgan fingerprint density at radius 2 is 2.08 bits per heavy atom. The molecule has 24 heavy (non-hydrogen) atoms. The molecule has 4 heteroatoms. The van der Waals surface area contributed by atoms with Gasteiger partial charge in [0.1, 0.15) is 6.61 Å². The molecule has 2 aliphatic carbocycles. The molecular formula is C20H28O4. The molecule has 5 atom stereocenters. The molecular weight excluding hydrogens is 304 g/mol. The van der Waals surface area contributed by atoms with Crippen molar-refractivity contribution in [3.8, 4) is 0 Å². The normalized spacial score (nSPS) is 44.4. The van der Waals surface area contributed by atoms with Crippen LogP contribution in [0.2, 0.25) is 0 Å². The number of allylic oxidation sites excluding steroid dienone is 1. The molecule has 2 saturated heterocycles. The first-order chi connectivity index (χ1) is 11.5. The lowest BCUT2D eigenvalue weighted by molar-refractivity contribution is -0.138. The summed E-state index contributed by atoms with van der Waals surface area (Å²) < 4.78 is 10.6. The van der Waals surface area contributed by atoms with Crippen molar-refractivity contribution in [2.75, 3.05) is 13.2 Å². The Balaban J connectivity index is 1.58. The summed E-state index contributed by atoms with van der Waals surface area (Å²) in [7, 11) is 0. The minimum absolute atomic E-state index is 0.0431. The van der Waals surface area contributed by atoms with Crippen molar-refractivity contribution >= 4 is 11.9 Å². The van der Waals surface area contributed by atoms with Crippen LogP contribution in [0.3, 0.4) is 0 Å². The summed E-state index contributed by atoms with van der Waals surface area (Å²) in [5.41, 5.74) is 1.13. The highest BCUT2D eigenvalue weighted by Crippen LogP contribution is 2.64. The fraction of sp³-hybridized carbons (Fsp3) is 0.800. The summed E-state index contributed by atoms with van der Waals surface area (Å²) in [4.78, 5) is 23.6. The molecule has 0 aromatic heterocycles. The number of cyclic esters (lactones) is 2. The first-order valence-corrected chi connectivity index (χ1v) is 9.49. The summed E-state index contributed by atoms with van der Waals surface area (Å²) in [5, 5.41) is 0. The fourth-order valence-corrected chi connectivity index (χ4v) is 5.97. The Kier molecular flexibility index (Phi) is 3.77. The van der Waals surface area contributed by atoms with Crippen LogP contribution < -0.4 is 0 Å². The summed E-state index contributed by atoms with van der Waals surface area (Å²) in [6, 6.07) is 0. The van der Waals surface area contributed by atoms with Crippen molar-refractivity contribution in [1.29, 1.82) is 0 Å². The van der Waals surface area contributed by atoms with E-state index in [0.29, 0.717) is 37.4 Å². The number of hydrogen-bond acceptors (Lipinski definition) is 4. The monoisotopic (exact) mass is 332 g/mol. The average molecular weight is 332 g/mol. The predicted octanol–water partition coefficient (Wildman–Crippen LogP) is 3.65. The van der Waals surface area contributed by atoms with Gasteiger partial charge in [0.15, 0.2) is 0 Å². The Bertz CT molecular complexity index is 594. The largest absolute Gasteiger partial charge is 0.465 e. The summed E-state index contributed by atoms with van der Waals surface area (Å²) in [6.45, 7) is 5.97. The lowest BCUT2D eigenvalue weighted by Crippen LogP contribution is -2.51. The molecule has 1 spiro atoms. The smallest absolute Gasteiger partial charge is 0.334 e. The lowest BCUT2D eigenvalue weighted by Gasteiger charge is -2.56. The number of carbonyl (C=O) groups excluding carboxylic acids is 2. The zero-order chi connectivity index (χ0) is 16.9. The van der Waals surface area contributed by atoms with E-state index in [4.69, 9.17) is 9.47 Å². The van der Waals surface area contributed by atoms with Gasteiger partial charge in [-0.05, 0) is 55.8 Å². The summed E-state index contributed by atoms with van der Waals surface area (Å²) >= 11 is 0. The van der Waals surface area contributed by atoms with Crippen LogP contribution >= 0.6 is 0 Å². The van der Waals surface area contributed by atoms with Crippen LogP contribution in [0.25, 0.3) is 0 Å². The van der Waals surface area contributed by atoms with Gasteiger partial charge in [-0.15, -0.1) is 0 Å². The van der Waals surface area contributed by atoms with E-state index < -0.39 is 0 Å². The number of carbonyl (C=O) groups is 2. The topological polar surface area (TPSA) is 52.6 Å². The molecule has 4 aliphatic rings. The first-order valence-electron chi connectivity index (χ1n) is 9.49. The average Bonchev–Trinajstić information content (AvgIpc) is 3.13. The Hall–Kier alpha value is -1.32. The van der Waals surface area contributed by atoms with Crippen LogP contribution in [0.4, 0.5) is 0 Å². The van der Waals surface area contributed by atoms with E-state index in [1.54, 1.807) is 0 Å². The van der Waals surface area contributed by atoms with Crippen LogP contribution in [0, 0.1) is 28.6 Å². The summed E-state index contributed by atoms with van der Waals surface area (Å²) in [5.74, 6) is 1.40. The predicted molar refractivity (Wildman–Crippen MR) is 89.0 cm³/mol. The Labute approximate surface area is 144 Å². The molecule has 0 bridgehead atoms. The number of hydrogen-bond donors (Lipinski definition) is 0. The van der Waals surface area contributed by atoms with Crippen LogP contribution in [0.15, 0.2) is 11.6 Å². The molecule has 4 nitrogen and oxygen atoms in total. The van der Waals surface area contributed by atoms with Crippen molar-refractivity contribution in [2.24, 2.45) is 28.6 Å². The van der Waals surface area contributed by atoms with Gasteiger partial charge < -0.3 is 9.47 Å². The summed E-state index contributed by atoms with van der Waals surface area (Å²) in [6.07, 6.45) is 9.26. The van der Waals surface area contributed by atoms with Gasteiger partial charge in [0.05, 0.1) is 13.0 Å². The molecule has 0 radical (unpaired) electrons.